The third-order valence-corrected chi connectivity index (χ3v) is 7.37. The highest BCUT2D eigenvalue weighted by molar-refractivity contribution is 6.35. The molecule has 0 aliphatic carbocycles. The van der Waals surface area contributed by atoms with Crippen molar-refractivity contribution in [2.75, 3.05) is 26.2 Å². The number of aromatic nitrogens is 2. The molecule has 0 spiro atoms. The molecule has 6 heteroatoms. The highest BCUT2D eigenvalue weighted by Gasteiger charge is 2.39. The molecule has 1 saturated heterocycles. The first-order chi connectivity index (χ1) is 14.9. The summed E-state index contributed by atoms with van der Waals surface area (Å²) in [5.41, 5.74) is 3.87. The molecule has 2 aliphatic rings. The second-order valence-corrected chi connectivity index (χ2v) is 9.71. The van der Waals surface area contributed by atoms with Crippen LogP contribution in [-0.2, 0) is 5.41 Å². The van der Waals surface area contributed by atoms with Crippen LogP contribution >= 0.6 is 11.6 Å². The van der Waals surface area contributed by atoms with Crippen molar-refractivity contribution in [2.45, 2.75) is 44.4 Å². The molecule has 5 rings (SSSR count). The Morgan fingerprint density at radius 1 is 1.19 bits per heavy atom. The molecule has 0 radical (unpaired) electrons. The van der Waals surface area contributed by atoms with Crippen molar-refractivity contribution in [3.05, 3.63) is 68.7 Å². The van der Waals surface area contributed by atoms with E-state index >= 15 is 0 Å². The number of halogens is 1. The fourth-order valence-electron chi connectivity index (χ4n) is 5.30. The lowest BCUT2D eigenvalue weighted by Crippen LogP contribution is -2.34. The number of piperidine rings is 1. The number of likely N-dealkylation sites (tertiary alicyclic amines) is 1. The zero-order valence-corrected chi connectivity index (χ0v) is 18.8. The molecule has 2 aromatic carbocycles. The molecule has 0 amide bonds. The van der Waals surface area contributed by atoms with E-state index in [-0.39, 0.29) is 17.6 Å². The second-order valence-electron chi connectivity index (χ2n) is 9.30. The smallest absolute Gasteiger partial charge is 0.282 e. The Balaban J connectivity index is 1.54. The molecular formula is C25H28ClN3O2. The van der Waals surface area contributed by atoms with E-state index in [0.29, 0.717) is 16.3 Å². The molecule has 1 N–H and O–H groups in total. The first-order valence-electron chi connectivity index (χ1n) is 11.1. The van der Waals surface area contributed by atoms with Crippen LogP contribution in [0.4, 0.5) is 0 Å². The molecule has 1 aromatic heterocycles. The topological polar surface area (TPSA) is 58.4 Å². The van der Waals surface area contributed by atoms with E-state index in [1.807, 2.05) is 12.1 Å². The van der Waals surface area contributed by atoms with E-state index in [2.05, 4.69) is 46.5 Å². The summed E-state index contributed by atoms with van der Waals surface area (Å²) in [6.07, 6.45) is 3.11. The summed E-state index contributed by atoms with van der Waals surface area (Å²) in [7, 11) is 0. The van der Waals surface area contributed by atoms with Gasteiger partial charge in [0.05, 0.1) is 27.0 Å². The Labute approximate surface area is 187 Å². The van der Waals surface area contributed by atoms with E-state index in [1.54, 1.807) is 6.07 Å². The minimum atomic E-state index is -0.358. The van der Waals surface area contributed by atoms with Gasteiger partial charge in [-0.2, -0.15) is 4.98 Å². The van der Waals surface area contributed by atoms with Gasteiger partial charge in [-0.1, -0.05) is 29.8 Å². The van der Waals surface area contributed by atoms with E-state index in [0.717, 1.165) is 55.9 Å². The fourth-order valence-corrected chi connectivity index (χ4v) is 5.55. The lowest BCUT2D eigenvalue weighted by Gasteiger charge is -2.32. The summed E-state index contributed by atoms with van der Waals surface area (Å²) in [6.45, 7) is 7.68. The zero-order chi connectivity index (χ0) is 21.8. The van der Waals surface area contributed by atoms with Crippen LogP contribution in [0.2, 0.25) is 5.02 Å². The molecule has 5 nitrogen and oxygen atoms in total. The quantitative estimate of drug-likeness (QED) is 0.663. The number of benzene rings is 2. The predicted molar refractivity (Wildman–Crippen MR) is 125 cm³/mol. The Morgan fingerprint density at radius 2 is 1.97 bits per heavy atom. The van der Waals surface area contributed by atoms with Gasteiger partial charge in [0.2, 0.25) is 0 Å². The van der Waals surface area contributed by atoms with E-state index in [4.69, 9.17) is 16.7 Å². The molecule has 3 aromatic rings. The van der Waals surface area contributed by atoms with E-state index in [9.17, 15) is 4.79 Å². The normalized spacial score (nSPS) is 18.3. The van der Waals surface area contributed by atoms with Crippen molar-refractivity contribution in [1.29, 1.82) is 0 Å². The van der Waals surface area contributed by atoms with Crippen LogP contribution in [-0.4, -0.2) is 45.8 Å². The molecule has 0 saturated carbocycles. The largest absolute Gasteiger partial charge is 0.396 e. The average molecular weight is 438 g/mol. The van der Waals surface area contributed by atoms with Crippen molar-refractivity contribution < 1.29 is 5.11 Å². The van der Waals surface area contributed by atoms with Crippen molar-refractivity contribution >= 4 is 22.5 Å². The first kappa shape index (κ1) is 20.7. The zero-order valence-electron chi connectivity index (χ0n) is 18.1. The summed E-state index contributed by atoms with van der Waals surface area (Å²) in [6, 6.07) is 12.4. The number of hydrogen-bond donors (Lipinski definition) is 1. The molecule has 2 aliphatic heterocycles. The van der Waals surface area contributed by atoms with Gasteiger partial charge >= 0.3 is 0 Å². The maximum Gasteiger partial charge on any atom is 0.282 e. The third kappa shape index (κ3) is 3.30. The minimum Gasteiger partial charge on any atom is -0.396 e. The lowest BCUT2D eigenvalue weighted by molar-refractivity contribution is 0.187. The van der Waals surface area contributed by atoms with Gasteiger partial charge in [0.1, 0.15) is 5.82 Å². The summed E-state index contributed by atoms with van der Waals surface area (Å²) < 4.78 is 2.11. The van der Waals surface area contributed by atoms with Gasteiger partial charge < -0.3 is 10.0 Å². The maximum absolute atomic E-state index is 12.8. The molecule has 0 unspecified atom stereocenters. The number of hydrogen-bond acceptors (Lipinski definition) is 4. The molecule has 1 fully saturated rings. The van der Waals surface area contributed by atoms with Gasteiger partial charge in [-0.15, -0.1) is 0 Å². The molecule has 31 heavy (non-hydrogen) atoms. The Morgan fingerprint density at radius 3 is 2.71 bits per heavy atom. The van der Waals surface area contributed by atoms with Crippen LogP contribution in [0.1, 0.15) is 56.0 Å². The van der Waals surface area contributed by atoms with Crippen LogP contribution < -0.4 is 5.56 Å². The van der Waals surface area contributed by atoms with E-state index < -0.39 is 0 Å². The summed E-state index contributed by atoms with van der Waals surface area (Å²) in [5, 5.41) is 10.0. The first-order valence-corrected chi connectivity index (χ1v) is 11.5. The maximum atomic E-state index is 12.8. The van der Waals surface area contributed by atoms with Gasteiger partial charge in [-0.3, -0.25) is 9.36 Å². The Hall–Kier alpha value is -2.21. The second kappa shape index (κ2) is 7.73. The Bertz CT molecular complexity index is 1210. The van der Waals surface area contributed by atoms with Gasteiger partial charge in [0.25, 0.3) is 5.56 Å². The molecule has 3 heterocycles. The number of aliphatic hydroxyl groups is 1. The van der Waals surface area contributed by atoms with Crippen LogP contribution in [0.5, 0.6) is 0 Å². The SMILES string of the molecule is CC1(C)c2cc(C3CCN(CCCO)CC3)ccc2-n2c1nc(=O)c1c(Cl)cccc12. The van der Waals surface area contributed by atoms with E-state index in [1.165, 1.54) is 11.1 Å². The molecule has 162 valence electrons. The number of rotatable bonds is 4. The van der Waals surface area contributed by atoms with Gasteiger partial charge in [0.15, 0.2) is 0 Å². The average Bonchev–Trinajstić information content (AvgIpc) is 2.99. The van der Waals surface area contributed by atoms with Crippen LogP contribution in [0.3, 0.4) is 0 Å². The van der Waals surface area contributed by atoms with Crippen LogP contribution in [0.25, 0.3) is 16.6 Å². The van der Waals surface area contributed by atoms with Gasteiger partial charge in [0, 0.05) is 13.2 Å². The van der Waals surface area contributed by atoms with Crippen molar-refractivity contribution in [3.8, 4) is 5.69 Å². The molecule has 0 atom stereocenters. The van der Waals surface area contributed by atoms with Gasteiger partial charge in [-0.25, -0.2) is 0 Å². The third-order valence-electron chi connectivity index (χ3n) is 7.05. The number of aliphatic hydroxyl groups excluding tert-OH is 1. The van der Waals surface area contributed by atoms with Crippen LogP contribution in [0, 0.1) is 0 Å². The van der Waals surface area contributed by atoms with Crippen molar-refractivity contribution in [1.82, 2.24) is 14.5 Å². The lowest BCUT2D eigenvalue weighted by atomic mass is 9.81. The fraction of sp³-hybridized carbons (Fsp3) is 0.440. The predicted octanol–water partition coefficient (Wildman–Crippen LogP) is 4.24. The molecular weight excluding hydrogens is 410 g/mol. The summed E-state index contributed by atoms with van der Waals surface area (Å²) in [5.74, 6) is 1.31. The molecule has 0 bridgehead atoms. The highest BCUT2D eigenvalue weighted by atomic mass is 35.5. The highest BCUT2D eigenvalue weighted by Crippen LogP contribution is 2.44. The van der Waals surface area contributed by atoms with Crippen LogP contribution in [0.15, 0.2) is 41.2 Å². The summed E-state index contributed by atoms with van der Waals surface area (Å²) in [4.78, 5) is 19.7. The number of nitrogens with zero attached hydrogens (tertiary/aromatic N) is 3. The van der Waals surface area contributed by atoms with Crippen molar-refractivity contribution in [3.63, 3.8) is 0 Å². The number of fused-ring (bicyclic) bond motifs is 5. The van der Waals surface area contributed by atoms with Gasteiger partial charge in [-0.05, 0) is 81.4 Å². The van der Waals surface area contributed by atoms with Crippen molar-refractivity contribution in [2.24, 2.45) is 0 Å². The Kier molecular flexibility index (Phi) is 5.16. The monoisotopic (exact) mass is 437 g/mol. The standard InChI is InChI=1S/C25H28ClN3O2/c1-25(2)18-15-17(16-9-12-28(13-10-16)11-4-14-30)7-8-20(18)29-21-6-3-5-19(26)22(21)23(31)27-24(25)29/h3,5-8,15-16,30H,4,9-14H2,1-2H3. The minimum absolute atomic E-state index is 0.261. The summed E-state index contributed by atoms with van der Waals surface area (Å²) >= 11 is 6.36.